The van der Waals surface area contributed by atoms with Crippen LogP contribution in [0.3, 0.4) is 0 Å². The molecule has 5 heteroatoms. The molecule has 106 valence electrons. The van der Waals surface area contributed by atoms with Crippen LogP contribution in [0, 0.1) is 0 Å². The van der Waals surface area contributed by atoms with E-state index in [9.17, 15) is 4.79 Å². The van der Waals surface area contributed by atoms with Crippen LogP contribution in [0.5, 0.6) is 0 Å². The maximum atomic E-state index is 12.0. The minimum absolute atomic E-state index is 0.0773. The molecule has 1 atom stereocenters. The van der Waals surface area contributed by atoms with Gasteiger partial charge in [-0.3, -0.25) is 4.79 Å². The van der Waals surface area contributed by atoms with Crippen molar-refractivity contribution in [3.05, 3.63) is 29.3 Å². The molecule has 0 saturated heterocycles. The molecule has 0 aliphatic carbocycles. The van der Waals surface area contributed by atoms with Crippen LogP contribution >= 0.6 is 11.6 Å². The summed E-state index contributed by atoms with van der Waals surface area (Å²) in [6.07, 6.45) is 0.394. The Morgan fingerprint density at radius 1 is 1.42 bits per heavy atom. The lowest BCUT2D eigenvalue weighted by Crippen LogP contribution is -2.38. The van der Waals surface area contributed by atoms with Crippen molar-refractivity contribution >= 4 is 23.2 Å². The fourth-order valence-electron chi connectivity index (χ4n) is 1.92. The predicted octanol–water partition coefficient (Wildman–Crippen LogP) is 2.34. The van der Waals surface area contributed by atoms with Crippen molar-refractivity contribution in [1.29, 1.82) is 0 Å². The molecule has 0 aliphatic heterocycles. The Morgan fingerprint density at radius 3 is 2.63 bits per heavy atom. The van der Waals surface area contributed by atoms with Crippen molar-refractivity contribution in [2.75, 3.05) is 25.0 Å². The van der Waals surface area contributed by atoms with Crippen LogP contribution in [0.25, 0.3) is 0 Å². The highest BCUT2D eigenvalue weighted by atomic mass is 35.5. The van der Waals surface area contributed by atoms with Crippen LogP contribution in [0.15, 0.2) is 24.3 Å². The Bertz CT molecular complexity index is 407. The number of rotatable bonds is 7. The number of anilines is 1. The summed E-state index contributed by atoms with van der Waals surface area (Å²) in [6.45, 7) is 5.81. The van der Waals surface area contributed by atoms with Gasteiger partial charge in [-0.1, -0.05) is 17.7 Å². The van der Waals surface area contributed by atoms with Crippen LogP contribution in [0.4, 0.5) is 5.69 Å². The minimum atomic E-state index is -0.0773. The lowest BCUT2D eigenvalue weighted by atomic mass is 10.1. The first-order valence-corrected chi connectivity index (χ1v) is 6.98. The normalized spacial score (nSPS) is 12.0. The van der Waals surface area contributed by atoms with Crippen LogP contribution in [-0.2, 0) is 4.79 Å². The Labute approximate surface area is 119 Å². The molecular formula is C14H22ClN3O. The molecule has 0 heterocycles. The molecule has 0 spiro atoms. The molecule has 1 unspecified atom stereocenters. The second-order valence-electron chi connectivity index (χ2n) is 4.36. The Balaban J connectivity index is 2.61. The highest BCUT2D eigenvalue weighted by Crippen LogP contribution is 2.16. The highest BCUT2D eigenvalue weighted by Gasteiger charge is 2.16. The summed E-state index contributed by atoms with van der Waals surface area (Å²) in [7, 11) is 0. The van der Waals surface area contributed by atoms with Gasteiger partial charge in [0.25, 0.3) is 0 Å². The van der Waals surface area contributed by atoms with Gasteiger partial charge in [-0.2, -0.15) is 0 Å². The molecule has 4 nitrogen and oxygen atoms in total. The van der Waals surface area contributed by atoms with Crippen molar-refractivity contribution in [3.8, 4) is 0 Å². The first kappa shape index (κ1) is 15.8. The number of nitrogens with one attached hydrogen (secondary N) is 1. The Kier molecular flexibility index (Phi) is 6.67. The zero-order valence-electron chi connectivity index (χ0n) is 11.5. The largest absolute Gasteiger partial charge is 0.380 e. The van der Waals surface area contributed by atoms with Gasteiger partial charge in [-0.25, -0.2) is 0 Å². The van der Waals surface area contributed by atoms with Crippen molar-refractivity contribution in [2.24, 2.45) is 5.73 Å². The number of amides is 1. The average Bonchev–Trinajstić information content (AvgIpc) is 2.39. The topological polar surface area (TPSA) is 58.4 Å². The quantitative estimate of drug-likeness (QED) is 0.807. The standard InChI is InChI=1S/C14H22ClN3O/c1-3-18(4-2)14(19)9-13(10-16)17-12-7-5-6-11(15)8-12/h5-8,13,17H,3-4,9-10,16H2,1-2H3. The summed E-state index contributed by atoms with van der Waals surface area (Å²) in [5, 5.41) is 3.91. The molecule has 0 fully saturated rings. The molecule has 1 aromatic carbocycles. The van der Waals surface area contributed by atoms with Crippen molar-refractivity contribution < 1.29 is 4.79 Å². The monoisotopic (exact) mass is 283 g/mol. The van der Waals surface area contributed by atoms with Crippen LogP contribution < -0.4 is 11.1 Å². The number of carbonyl (C=O) groups is 1. The molecule has 3 N–H and O–H groups in total. The van der Waals surface area contributed by atoms with Gasteiger partial charge in [0.15, 0.2) is 0 Å². The summed E-state index contributed by atoms with van der Waals surface area (Å²) in [5.41, 5.74) is 6.61. The average molecular weight is 284 g/mol. The second kappa shape index (κ2) is 8.02. The smallest absolute Gasteiger partial charge is 0.224 e. The molecule has 0 bridgehead atoms. The fraction of sp³-hybridized carbons (Fsp3) is 0.500. The van der Waals surface area contributed by atoms with Gasteiger partial charge in [0.1, 0.15) is 0 Å². The minimum Gasteiger partial charge on any atom is -0.380 e. The van der Waals surface area contributed by atoms with E-state index >= 15 is 0 Å². The van der Waals surface area contributed by atoms with Gasteiger partial charge in [0.05, 0.1) is 0 Å². The van der Waals surface area contributed by atoms with Crippen molar-refractivity contribution in [1.82, 2.24) is 4.90 Å². The molecule has 1 aromatic rings. The van der Waals surface area contributed by atoms with Gasteiger partial charge >= 0.3 is 0 Å². The summed E-state index contributed by atoms with van der Waals surface area (Å²) >= 11 is 5.93. The SMILES string of the molecule is CCN(CC)C(=O)CC(CN)Nc1cccc(Cl)c1. The zero-order chi connectivity index (χ0) is 14.3. The second-order valence-corrected chi connectivity index (χ2v) is 4.79. The fourth-order valence-corrected chi connectivity index (χ4v) is 2.11. The third-order valence-corrected chi connectivity index (χ3v) is 3.25. The lowest BCUT2D eigenvalue weighted by molar-refractivity contribution is -0.131. The van der Waals surface area contributed by atoms with E-state index in [-0.39, 0.29) is 11.9 Å². The predicted molar refractivity (Wildman–Crippen MR) is 80.5 cm³/mol. The van der Waals surface area contributed by atoms with E-state index in [2.05, 4.69) is 5.32 Å². The molecule has 1 rings (SSSR count). The third kappa shape index (κ3) is 5.09. The first-order chi connectivity index (χ1) is 9.10. The van der Waals surface area contributed by atoms with Crippen LogP contribution in [0.2, 0.25) is 5.02 Å². The summed E-state index contributed by atoms with van der Waals surface area (Å²) in [6, 6.07) is 7.34. The van der Waals surface area contributed by atoms with Gasteiger partial charge in [-0.15, -0.1) is 0 Å². The van der Waals surface area contributed by atoms with Crippen molar-refractivity contribution in [3.63, 3.8) is 0 Å². The number of hydrogen-bond donors (Lipinski definition) is 2. The highest BCUT2D eigenvalue weighted by molar-refractivity contribution is 6.30. The number of carbonyl (C=O) groups excluding carboxylic acids is 1. The van der Waals surface area contributed by atoms with E-state index in [1.807, 2.05) is 43.0 Å². The Hall–Kier alpha value is -1.26. The number of benzene rings is 1. The van der Waals surface area contributed by atoms with E-state index in [1.54, 1.807) is 0 Å². The molecule has 19 heavy (non-hydrogen) atoms. The molecule has 0 aliphatic rings. The summed E-state index contributed by atoms with van der Waals surface area (Å²) < 4.78 is 0. The van der Waals surface area contributed by atoms with Gasteiger partial charge < -0.3 is 16.0 Å². The summed E-state index contributed by atoms with van der Waals surface area (Å²) in [5.74, 6) is 0.120. The molecular weight excluding hydrogens is 262 g/mol. The lowest BCUT2D eigenvalue weighted by Gasteiger charge is -2.23. The first-order valence-electron chi connectivity index (χ1n) is 6.60. The number of nitrogens with zero attached hydrogens (tertiary/aromatic N) is 1. The zero-order valence-corrected chi connectivity index (χ0v) is 12.3. The number of hydrogen-bond acceptors (Lipinski definition) is 3. The van der Waals surface area contributed by atoms with Gasteiger partial charge in [0.2, 0.25) is 5.91 Å². The van der Waals surface area contributed by atoms with Crippen molar-refractivity contribution in [2.45, 2.75) is 26.3 Å². The molecule has 0 aromatic heterocycles. The number of halogens is 1. The molecule has 1 amide bonds. The maximum Gasteiger partial charge on any atom is 0.224 e. The van der Waals surface area contributed by atoms with E-state index in [4.69, 9.17) is 17.3 Å². The molecule has 0 saturated carbocycles. The van der Waals surface area contributed by atoms with Gasteiger partial charge in [0, 0.05) is 42.8 Å². The molecule has 0 radical (unpaired) electrons. The Morgan fingerprint density at radius 2 is 2.11 bits per heavy atom. The third-order valence-electron chi connectivity index (χ3n) is 3.02. The van der Waals surface area contributed by atoms with E-state index < -0.39 is 0 Å². The van der Waals surface area contributed by atoms with E-state index in [0.29, 0.717) is 18.0 Å². The van der Waals surface area contributed by atoms with Crippen LogP contribution in [-0.4, -0.2) is 36.5 Å². The number of nitrogens with two attached hydrogens (primary N) is 1. The van der Waals surface area contributed by atoms with Gasteiger partial charge in [-0.05, 0) is 32.0 Å². The van der Waals surface area contributed by atoms with E-state index in [0.717, 1.165) is 18.8 Å². The maximum absolute atomic E-state index is 12.0. The summed E-state index contributed by atoms with van der Waals surface area (Å²) in [4.78, 5) is 13.8. The van der Waals surface area contributed by atoms with Crippen LogP contribution in [0.1, 0.15) is 20.3 Å². The van der Waals surface area contributed by atoms with E-state index in [1.165, 1.54) is 0 Å².